The van der Waals surface area contributed by atoms with Gasteiger partial charge in [-0.15, -0.1) is 0 Å². The number of hydrogen-bond acceptors (Lipinski definition) is 18. The van der Waals surface area contributed by atoms with Crippen LogP contribution in [0, 0.1) is 0 Å². The van der Waals surface area contributed by atoms with E-state index in [1.165, 1.54) is 0 Å². The van der Waals surface area contributed by atoms with Crippen LogP contribution in [0.2, 0.25) is 0 Å². The summed E-state index contributed by atoms with van der Waals surface area (Å²) in [5.41, 5.74) is 24.0. The van der Waals surface area contributed by atoms with Crippen molar-refractivity contribution in [3.63, 3.8) is 0 Å². The van der Waals surface area contributed by atoms with Gasteiger partial charge in [-0.25, -0.2) is 0 Å². The minimum atomic E-state index is -4.67. The van der Waals surface area contributed by atoms with E-state index in [0.29, 0.717) is 0 Å². The number of aliphatic hydroxyl groups excluding tert-OH is 6. The Morgan fingerprint density at radius 1 is 0.762 bits per heavy atom. The number of nitrogens with two attached hydrogens (primary N) is 4. The monoisotopic (exact) mass is 637 g/mol. The Hall–Kier alpha value is -0.770. The van der Waals surface area contributed by atoms with E-state index in [4.69, 9.17) is 64.1 Å². The average Bonchev–Trinajstić information content (AvgIpc) is 2.90. The highest BCUT2D eigenvalue weighted by Gasteiger charge is 2.54. The van der Waals surface area contributed by atoms with Gasteiger partial charge in [0.2, 0.25) is 0 Å². The molecule has 42 heavy (non-hydrogen) atoms. The lowest BCUT2D eigenvalue weighted by Gasteiger charge is -2.51. The number of rotatable bonds is 6. The van der Waals surface area contributed by atoms with Crippen molar-refractivity contribution >= 4 is 10.4 Å². The zero-order chi connectivity index (χ0) is 31.7. The van der Waals surface area contributed by atoms with Crippen molar-refractivity contribution in [1.29, 1.82) is 0 Å². The lowest BCUT2D eigenvalue weighted by molar-refractivity contribution is -0.373. The molecule has 4 fully saturated rings. The number of fused-ring (bicyclic) bond motifs is 1. The minimum Gasteiger partial charge on any atom is -0.394 e. The van der Waals surface area contributed by atoms with Crippen molar-refractivity contribution in [3.05, 3.63) is 0 Å². The first-order valence-corrected chi connectivity index (χ1v) is 14.6. The van der Waals surface area contributed by atoms with E-state index in [2.05, 4.69) is 5.32 Å². The van der Waals surface area contributed by atoms with Crippen LogP contribution in [0.5, 0.6) is 0 Å². The summed E-state index contributed by atoms with van der Waals surface area (Å²) in [6.45, 7) is -0.508. The molecule has 0 aromatic rings. The summed E-state index contributed by atoms with van der Waals surface area (Å²) in [6, 6.07) is -4.05. The molecule has 0 aromatic carbocycles. The average molecular weight is 638 g/mol. The van der Waals surface area contributed by atoms with E-state index in [0.717, 1.165) is 0 Å². The third-order valence-electron chi connectivity index (χ3n) is 7.74. The van der Waals surface area contributed by atoms with Gasteiger partial charge in [-0.3, -0.25) is 9.11 Å². The molecule has 1 saturated carbocycles. The van der Waals surface area contributed by atoms with Gasteiger partial charge in [0.15, 0.2) is 18.9 Å². The van der Waals surface area contributed by atoms with Crippen LogP contribution in [0.3, 0.4) is 0 Å². The van der Waals surface area contributed by atoms with Crippen molar-refractivity contribution in [3.8, 4) is 0 Å². The van der Waals surface area contributed by atoms with Gasteiger partial charge in [0.1, 0.15) is 42.7 Å². The highest BCUT2D eigenvalue weighted by molar-refractivity contribution is 7.79. The first kappa shape index (κ1) is 35.7. The lowest BCUT2D eigenvalue weighted by atomic mass is 9.84. The van der Waals surface area contributed by atoms with Gasteiger partial charge in [-0.2, -0.15) is 8.42 Å². The van der Waals surface area contributed by atoms with Crippen molar-refractivity contribution < 1.29 is 71.8 Å². The molecule has 0 amide bonds. The summed E-state index contributed by atoms with van der Waals surface area (Å²) in [6.07, 6.45) is -13.7. The Morgan fingerprint density at radius 3 is 1.95 bits per heavy atom. The highest BCUT2D eigenvalue weighted by atomic mass is 32.3. The summed E-state index contributed by atoms with van der Waals surface area (Å²) < 4.78 is 60.8. The fourth-order valence-electron chi connectivity index (χ4n) is 5.46. The van der Waals surface area contributed by atoms with Crippen LogP contribution in [0.15, 0.2) is 0 Å². The second-order valence-corrected chi connectivity index (χ2v) is 11.6. The van der Waals surface area contributed by atoms with Crippen LogP contribution in [-0.4, -0.2) is 166 Å². The molecule has 4 rings (SSSR count). The maximum Gasteiger partial charge on any atom is 0.394 e. The van der Waals surface area contributed by atoms with Gasteiger partial charge in [0.05, 0.1) is 36.9 Å². The zero-order valence-electron chi connectivity index (χ0n) is 22.6. The van der Waals surface area contributed by atoms with E-state index in [1.807, 2.05) is 0 Å². The Bertz CT molecular complexity index is 960. The summed E-state index contributed by atoms with van der Waals surface area (Å²) in [7, 11) is -3.11. The van der Waals surface area contributed by atoms with Crippen molar-refractivity contribution in [2.75, 3.05) is 13.7 Å². The SMILES string of the molecule is CNC1C(O[C@H]2O[C@H](CO)[C@@H](N)[C@H](O)[C@H]2O)O[C@H]2CC(N)C(O[C@@H]3C(N)CC(N)C(O)[C@H]3O)O[C@@H]2C1O.O=S(=O)(O)O. The van der Waals surface area contributed by atoms with E-state index in [-0.39, 0.29) is 12.8 Å². The summed E-state index contributed by atoms with van der Waals surface area (Å²) in [5.74, 6) is 0. The van der Waals surface area contributed by atoms with Crippen molar-refractivity contribution in [2.24, 2.45) is 22.9 Å². The van der Waals surface area contributed by atoms with Gasteiger partial charge in [-0.1, -0.05) is 0 Å². The summed E-state index contributed by atoms with van der Waals surface area (Å²) in [4.78, 5) is 0. The Labute approximate surface area is 241 Å². The van der Waals surface area contributed by atoms with E-state index >= 15 is 0 Å². The van der Waals surface area contributed by atoms with Gasteiger partial charge < -0.3 is 82.6 Å². The van der Waals surface area contributed by atoms with Gasteiger partial charge >= 0.3 is 10.4 Å². The standard InChI is InChI=1S/C21H41N5O11.H2O4S/c1-26-11-14(30)18-8(33-20(11)37-21-16(32)13(29)10(25)9(4-27)34-21)3-7(24)19(36-18)35-17-6(23)2-5(22)12(28)15(17)31;1-5(2,3)4/h5-21,26-32H,2-4,22-25H2,1H3;(H2,1,2,3,4)/t5?,6?,7?,8-,9+,10+,11?,12?,13-,14?,15+,16+,17+,18-,19?,20?,21+;/m0./s1. The van der Waals surface area contributed by atoms with Crippen molar-refractivity contribution in [1.82, 2.24) is 5.32 Å². The Balaban J connectivity index is 0.000000892. The largest absolute Gasteiger partial charge is 0.394 e. The predicted octanol–water partition coefficient (Wildman–Crippen LogP) is -7.60. The molecule has 8 unspecified atom stereocenters. The molecule has 0 spiro atoms. The third kappa shape index (κ3) is 8.28. The lowest BCUT2D eigenvalue weighted by Crippen LogP contribution is -2.70. The maximum absolute atomic E-state index is 11.1. The molecule has 20 nitrogen and oxygen atoms in total. The van der Waals surface area contributed by atoms with E-state index in [1.54, 1.807) is 7.05 Å². The Morgan fingerprint density at radius 2 is 1.38 bits per heavy atom. The van der Waals surface area contributed by atoms with Gasteiger partial charge in [-0.05, 0) is 19.9 Å². The molecule has 3 saturated heterocycles. The molecule has 0 aromatic heterocycles. The number of ether oxygens (including phenoxy) is 5. The normalized spacial score (nSPS) is 49.9. The van der Waals surface area contributed by atoms with Crippen LogP contribution in [0.25, 0.3) is 0 Å². The van der Waals surface area contributed by atoms with E-state index < -0.39 is 121 Å². The molecule has 3 heterocycles. The molecule has 1 aliphatic carbocycles. The predicted molar refractivity (Wildman–Crippen MR) is 137 cm³/mol. The summed E-state index contributed by atoms with van der Waals surface area (Å²) >= 11 is 0. The van der Waals surface area contributed by atoms with Crippen LogP contribution in [-0.2, 0) is 34.1 Å². The van der Waals surface area contributed by atoms with E-state index in [9.17, 15) is 30.6 Å². The van der Waals surface area contributed by atoms with Crippen LogP contribution in [0.1, 0.15) is 12.8 Å². The van der Waals surface area contributed by atoms with Gasteiger partial charge in [0, 0.05) is 12.1 Å². The second-order valence-electron chi connectivity index (χ2n) is 10.7. The molecular weight excluding hydrogens is 594 g/mol. The Kier molecular flexibility index (Phi) is 12.4. The number of hydrogen-bond donors (Lipinski definition) is 13. The summed E-state index contributed by atoms with van der Waals surface area (Å²) in [5, 5.41) is 64.7. The van der Waals surface area contributed by atoms with Crippen molar-refractivity contribution in [2.45, 2.75) is 117 Å². The molecule has 4 aliphatic rings. The zero-order valence-corrected chi connectivity index (χ0v) is 23.4. The molecule has 0 radical (unpaired) electrons. The topological polar surface area (TPSA) is 358 Å². The molecule has 0 bridgehead atoms. The smallest absolute Gasteiger partial charge is 0.394 e. The first-order chi connectivity index (χ1) is 19.5. The molecule has 17 N–H and O–H groups in total. The molecule has 3 aliphatic heterocycles. The number of likely N-dealkylation sites (N-methyl/N-ethyl adjacent to an activating group) is 1. The minimum absolute atomic E-state index is 0.156. The maximum atomic E-state index is 11.1. The van der Waals surface area contributed by atoms with Crippen LogP contribution in [0.4, 0.5) is 0 Å². The first-order valence-electron chi connectivity index (χ1n) is 13.2. The molecular formula is C21H43N5O15S. The van der Waals surface area contributed by atoms with Gasteiger partial charge in [0.25, 0.3) is 0 Å². The van der Waals surface area contributed by atoms with Crippen LogP contribution >= 0.6 is 0 Å². The third-order valence-corrected chi connectivity index (χ3v) is 7.74. The molecule has 17 atom stereocenters. The fraction of sp³-hybridized carbons (Fsp3) is 1.00. The number of aliphatic hydroxyl groups is 6. The molecule has 21 heteroatoms. The highest BCUT2D eigenvalue weighted by Crippen LogP contribution is 2.35. The quantitative estimate of drug-likeness (QED) is 0.120. The van der Waals surface area contributed by atoms with Crippen LogP contribution < -0.4 is 28.3 Å². The second kappa shape index (κ2) is 14.6. The fourth-order valence-corrected chi connectivity index (χ4v) is 5.46. The number of nitrogens with one attached hydrogen (secondary N) is 1. The molecule has 248 valence electrons.